The molecule has 1 aliphatic rings. The van der Waals surface area contributed by atoms with Gasteiger partial charge in [-0.2, -0.15) is 0 Å². The molecule has 6 heteroatoms. The zero-order valence-electron chi connectivity index (χ0n) is 9.62. The number of aryl methyl sites for hydroxylation is 1. The third-order valence-corrected chi connectivity index (χ3v) is 2.98. The fourth-order valence-corrected chi connectivity index (χ4v) is 1.74. The largest absolute Gasteiger partial charge is 0.356 e. The molecular weight excluding hydrogens is 228 g/mol. The molecule has 1 unspecified atom stereocenters. The summed E-state index contributed by atoms with van der Waals surface area (Å²) in [5.41, 5.74) is 0. The van der Waals surface area contributed by atoms with Crippen molar-refractivity contribution in [2.24, 2.45) is 13.0 Å². The molecule has 0 aromatic carbocycles. The highest BCUT2D eigenvalue weighted by Gasteiger charge is 2.57. The van der Waals surface area contributed by atoms with Gasteiger partial charge in [0.2, 0.25) is 5.91 Å². The Morgan fingerprint density at radius 2 is 2.41 bits per heavy atom. The van der Waals surface area contributed by atoms with E-state index in [-0.39, 0.29) is 18.7 Å². The van der Waals surface area contributed by atoms with Crippen LogP contribution in [0.25, 0.3) is 0 Å². The molecule has 2 rings (SSSR count). The van der Waals surface area contributed by atoms with Gasteiger partial charge < -0.3 is 9.88 Å². The average molecular weight is 243 g/mol. The van der Waals surface area contributed by atoms with Crippen molar-refractivity contribution in [2.75, 3.05) is 6.54 Å². The molecule has 0 saturated heterocycles. The SMILES string of the molecule is Cn1ccnc1CCNC(=O)CC1CC1(F)F. The van der Waals surface area contributed by atoms with Crippen LogP contribution in [0.3, 0.4) is 0 Å². The van der Waals surface area contributed by atoms with Crippen molar-refractivity contribution in [1.82, 2.24) is 14.9 Å². The number of carbonyl (C=O) groups excluding carboxylic acids is 1. The van der Waals surface area contributed by atoms with E-state index in [1.54, 1.807) is 6.20 Å². The van der Waals surface area contributed by atoms with Crippen molar-refractivity contribution in [3.05, 3.63) is 18.2 Å². The molecule has 1 aliphatic carbocycles. The van der Waals surface area contributed by atoms with E-state index in [1.807, 2.05) is 17.8 Å². The van der Waals surface area contributed by atoms with Crippen LogP contribution in [0.2, 0.25) is 0 Å². The van der Waals surface area contributed by atoms with Gasteiger partial charge in [0, 0.05) is 51.2 Å². The number of imidazole rings is 1. The minimum absolute atomic E-state index is 0.0758. The zero-order chi connectivity index (χ0) is 12.5. The van der Waals surface area contributed by atoms with Gasteiger partial charge in [-0.05, 0) is 0 Å². The fraction of sp³-hybridized carbons (Fsp3) is 0.636. The smallest absolute Gasteiger partial charge is 0.252 e. The molecule has 4 nitrogen and oxygen atoms in total. The molecule has 1 aromatic heterocycles. The first-order valence-corrected chi connectivity index (χ1v) is 5.60. The quantitative estimate of drug-likeness (QED) is 0.842. The number of halogens is 2. The van der Waals surface area contributed by atoms with Gasteiger partial charge in [-0.25, -0.2) is 13.8 Å². The summed E-state index contributed by atoms with van der Waals surface area (Å²) in [4.78, 5) is 15.4. The molecule has 0 spiro atoms. The Hall–Kier alpha value is -1.46. The highest BCUT2D eigenvalue weighted by Crippen LogP contribution is 2.50. The Morgan fingerprint density at radius 1 is 1.71 bits per heavy atom. The third-order valence-electron chi connectivity index (χ3n) is 2.98. The topological polar surface area (TPSA) is 46.9 Å². The standard InChI is InChI=1S/C11H15F2N3O/c1-16-5-4-14-9(16)2-3-15-10(17)6-8-7-11(8,12)13/h4-5,8H,2-3,6-7H2,1H3,(H,15,17). The number of alkyl halides is 2. The second kappa shape index (κ2) is 4.43. The van der Waals surface area contributed by atoms with Crippen LogP contribution < -0.4 is 5.32 Å². The molecule has 1 saturated carbocycles. The lowest BCUT2D eigenvalue weighted by Crippen LogP contribution is -2.27. The molecule has 1 fully saturated rings. The molecule has 1 N–H and O–H groups in total. The minimum Gasteiger partial charge on any atom is -0.356 e. The maximum Gasteiger partial charge on any atom is 0.252 e. The van der Waals surface area contributed by atoms with Gasteiger partial charge in [0.1, 0.15) is 5.82 Å². The second-order valence-electron chi connectivity index (χ2n) is 4.42. The van der Waals surface area contributed by atoms with E-state index < -0.39 is 11.8 Å². The number of amides is 1. The number of nitrogens with zero attached hydrogens (tertiary/aromatic N) is 2. The highest BCUT2D eigenvalue weighted by atomic mass is 19.3. The third kappa shape index (κ3) is 3.01. The molecular formula is C11H15F2N3O. The monoisotopic (exact) mass is 243 g/mol. The van der Waals surface area contributed by atoms with Gasteiger partial charge in [-0.3, -0.25) is 4.79 Å². The van der Waals surface area contributed by atoms with Gasteiger partial charge >= 0.3 is 0 Å². The van der Waals surface area contributed by atoms with E-state index in [4.69, 9.17) is 0 Å². The number of rotatable bonds is 5. The van der Waals surface area contributed by atoms with Gasteiger partial charge in [-0.15, -0.1) is 0 Å². The van der Waals surface area contributed by atoms with Gasteiger partial charge in [0.05, 0.1) is 0 Å². The van der Waals surface area contributed by atoms with Crippen LogP contribution in [-0.4, -0.2) is 27.9 Å². The van der Waals surface area contributed by atoms with Crippen LogP contribution in [-0.2, 0) is 18.3 Å². The van der Waals surface area contributed by atoms with E-state index in [2.05, 4.69) is 10.3 Å². The van der Waals surface area contributed by atoms with Crippen molar-refractivity contribution in [2.45, 2.75) is 25.2 Å². The van der Waals surface area contributed by atoms with Gasteiger partial charge in [0.25, 0.3) is 5.92 Å². The average Bonchev–Trinajstić information content (AvgIpc) is 2.65. The Labute approximate surface area is 98.0 Å². The first-order chi connectivity index (χ1) is 7.99. The van der Waals surface area contributed by atoms with Crippen molar-refractivity contribution >= 4 is 5.91 Å². The van der Waals surface area contributed by atoms with Crippen LogP contribution in [0.4, 0.5) is 8.78 Å². The summed E-state index contributed by atoms with van der Waals surface area (Å²) in [6, 6.07) is 0. The van der Waals surface area contributed by atoms with Crippen molar-refractivity contribution in [3.8, 4) is 0 Å². The number of hydrogen-bond donors (Lipinski definition) is 1. The second-order valence-corrected chi connectivity index (χ2v) is 4.42. The van der Waals surface area contributed by atoms with Gasteiger partial charge in [0.15, 0.2) is 0 Å². The maximum atomic E-state index is 12.6. The summed E-state index contributed by atoms with van der Waals surface area (Å²) in [6.45, 7) is 0.433. The van der Waals surface area contributed by atoms with Crippen LogP contribution in [0.5, 0.6) is 0 Å². The number of nitrogens with one attached hydrogen (secondary N) is 1. The minimum atomic E-state index is -2.61. The molecule has 0 aliphatic heterocycles. The van der Waals surface area contributed by atoms with Crippen molar-refractivity contribution < 1.29 is 13.6 Å². The molecule has 94 valence electrons. The highest BCUT2D eigenvalue weighted by molar-refractivity contribution is 5.76. The first kappa shape index (κ1) is 12.0. The van der Waals surface area contributed by atoms with Crippen molar-refractivity contribution in [3.63, 3.8) is 0 Å². The summed E-state index contributed by atoms with van der Waals surface area (Å²) in [6.07, 6.45) is 3.88. The van der Waals surface area contributed by atoms with Crippen molar-refractivity contribution in [1.29, 1.82) is 0 Å². The summed E-state index contributed by atoms with van der Waals surface area (Å²) in [5.74, 6) is -2.81. The number of aromatic nitrogens is 2. The molecule has 1 heterocycles. The van der Waals surface area contributed by atoms with Crippen LogP contribution >= 0.6 is 0 Å². The first-order valence-electron chi connectivity index (χ1n) is 5.60. The van der Waals surface area contributed by atoms with E-state index in [0.29, 0.717) is 13.0 Å². The Kier molecular flexibility index (Phi) is 3.13. The lowest BCUT2D eigenvalue weighted by Gasteiger charge is -2.05. The molecule has 0 radical (unpaired) electrons. The predicted molar refractivity (Wildman–Crippen MR) is 57.6 cm³/mol. The maximum absolute atomic E-state index is 12.6. The number of carbonyl (C=O) groups is 1. The van der Waals surface area contributed by atoms with Crippen LogP contribution in [0, 0.1) is 5.92 Å². The fourth-order valence-electron chi connectivity index (χ4n) is 1.74. The van der Waals surface area contributed by atoms with E-state index in [1.165, 1.54) is 0 Å². The summed E-state index contributed by atoms with van der Waals surface area (Å²) in [7, 11) is 1.87. The Balaban J connectivity index is 1.66. The van der Waals surface area contributed by atoms with Crippen LogP contribution in [0.1, 0.15) is 18.7 Å². The summed E-state index contributed by atoms with van der Waals surface area (Å²) >= 11 is 0. The lowest BCUT2D eigenvalue weighted by atomic mass is 10.2. The zero-order valence-corrected chi connectivity index (χ0v) is 9.62. The Morgan fingerprint density at radius 3 is 2.94 bits per heavy atom. The molecule has 17 heavy (non-hydrogen) atoms. The molecule has 1 amide bonds. The van der Waals surface area contributed by atoms with E-state index in [0.717, 1.165) is 5.82 Å². The van der Waals surface area contributed by atoms with Gasteiger partial charge in [-0.1, -0.05) is 0 Å². The number of hydrogen-bond acceptors (Lipinski definition) is 2. The lowest BCUT2D eigenvalue weighted by molar-refractivity contribution is -0.122. The van der Waals surface area contributed by atoms with E-state index in [9.17, 15) is 13.6 Å². The Bertz CT molecular complexity index is 417. The summed E-state index contributed by atoms with van der Waals surface area (Å²) in [5, 5.41) is 2.63. The normalized spacial score (nSPS) is 21.2. The predicted octanol–water partition coefficient (Wildman–Crippen LogP) is 1.12. The summed E-state index contributed by atoms with van der Waals surface area (Å²) < 4.78 is 27.0. The molecule has 0 bridgehead atoms. The van der Waals surface area contributed by atoms with E-state index >= 15 is 0 Å². The van der Waals surface area contributed by atoms with Crippen LogP contribution in [0.15, 0.2) is 12.4 Å². The molecule has 1 aromatic rings. The molecule has 1 atom stereocenters.